The summed E-state index contributed by atoms with van der Waals surface area (Å²) in [6, 6.07) is 4.83. The number of nitrogens with one attached hydrogen (secondary N) is 1. The summed E-state index contributed by atoms with van der Waals surface area (Å²) in [5.41, 5.74) is 2.39. The van der Waals surface area contributed by atoms with E-state index in [-0.39, 0.29) is 5.75 Å². The smallest absolute Gasteiger partial charge is 0.165 e. The number of anilines is 1. The molecule has 0 fully saturated rings. The van der Waals surface area contributed by atoms with Crippen molar-refractivity contribution in [1.82, 2.24) is 20.2 Å². The number of hydrogen-bond acceptors (Lipinski definition) is 7. The molecular formula is C17H13ClFN5OS. The maximum atomic E-state index is 13.8. The second kappa shape index (κ2) is 6.62. The number of benzene rings is 1. The number of aromatic nitrogens is 4. The van der Waals surface area contributed by atoms with Gasteiger partial charge in [0.1, 0.15) is 17.0 Å². The Morgan fingerprint density at radius 1 is 1.27 bits per heavy atom. The Kier molecular flexibility index (Phi) is 4.29. The summed E-state index contributed by atoms with van der Waals surface area (Å²) >= 11 is 7.53. The summed E-state index contributed by atoms with van der Waals surface area (Å²) in [5, 5.41) is 12.6. The van der Waals surface area contributed by atoms with Gasteiger partial charge in [-0.05, 0) is 24.6 Å². The normalized spacial score (nSPS) is 11.2. The number of methoxy groups -OCH3 is 1. The molecule has 0 aliphatic rings. The second-order valence-electron chi connectivity index (χ2n) is 5.62. The number of thiophene rings is 1. The van der Waals surface area contributed by atoms with Gasteiger partial charge >= 0.3 is 0 Å². The highest BCUT2D eigenvalue weighted by Gasteiger charge is 2.16. The first-order valence-electron chi connectivity index (χ1n) is 7.70. The molecule has 3 heterocycles. The number of ether oxygens (including phenoxy) is 1. The van der Waals surface area contributed by atoms with E-state index in [1.165, 1.54) is 30.8 Å². The summed E-state index contributed by atoms with van der Waals surface area (Å²) in [6.45, 7) is 2.30. The Hall–Kier alpha value is -2.58. The molecule has 3 aromatic heterocycles. The first-order chi connectivity index (χ1) is 12.6. The van der Waals surface area contributed by atoms with Crippen LogP contribution in [0.3, 0.4) is 0 Å². The van der Waals surface area contributed by atoms with Crippen molar-refractivity contribution < 1.29 is 9.13 Å². The zero-order valence-electron chi connectivity index (χ0n) is 13.9. The van der Waals surface area contributed by atoms with Gasteiger partial charge in [-0.15, -0.1) is 21.5 Å². The minimum absolute atomic E-state index is 0.216. The Balaban J connectivity index is 1.71. The van der Waals surface area contributed by atoms with Crippen LogP contribution in [0.2, 0.25) is 5.15 Å². The fourth-order valence-electron chi connectivity index (χ4n) is 2.70. The van der Waals surface area contributed by atoms with E-state index in [9.17, 15) is 4.39 Å². The maximum Gasteiger partial charge on any atom is 0.165 e. The highest BCUT2D eigenvalue weighted by molar-refractivity contribution is 7.26. The molecule has 0 saturated carbocycles. The standard InChI is InChI=1S/C17H13ClFN5OS/c1-8-12-13-14(26-17(12)24-23-15(8)18)16(22-7-21-13)20-6-9-3-4-11(25-2)10(19)5-9/h3-5,7H,6H2,1-2H3,(H,20,21,22). The largest absolute Gasteiger partial charge is 0.494 e. The molecule has 1 aromatic carbocycles. The summed E-state index contributed by atoms with van der Waals surface area (Å²) in [4.78, 5) is 9.45. The van der Waals surface area contributed by atoms with Crippen LogP contribution in [0.4, 0.5) is 10.2 Å². The SMILES string of the molecule is COc1ccc(CNc2ncnc3c2sc2nnc(Cl)c(C)c23)cc1F. The Morgan fingerprint density at radius 2 is 2.12 bits per heavy atom. The fourth-order valence-corrected chi connectivity index (χ4v) is 3.94. The van der Waals surface area contributed by atoms with Crippen molar-refractivity contribution in [3.63, 3.8) is 0 Å². The molecule has 4 aromatic rings. The Morgan fingerprint density at radius 3 is 2.88 bits per heavy atom. The molecule has 4 rings (SSSR count). The highest BCUT2D eigenvalue weighted by atomic mass is 35.5. The molecule has 0 saturated heterocycles. The van der Waals surface area contributed by atoms with Gasteiger partial charge in [0.15, 0.2) is 16.7 Å². The molecule has 6 nitrogen and oxygen atoms in total. The van der Waals surface area contributed by atoms with Crippen molar-refractivity contribution in [3.8, 4) is 5.75 Å². The number of nitrogens with zero attached hydrogens (tertiary/aromatic N) is 4. The van der Waals surface area contributed by atoms with Gasteiger partial charge in [0, 0.05) is 17.5 Å². The van der Waals surface area contributed by atoms with Crippen LogP contribution in [0.25, 0.3) is 20.4 Å². The van der Waals surface area contributed by atoms with Crippen LogP contribution in [0.15, 0.2) is 24.5 Å². The van der Waals surface area contributed by atoms with Gasteiger partial charge in [-0.25, -0.2) is 14.4 Å². The lowest BCUT2D eigenvalue weighted by atomic mass is 10.2. The maximum absolute atomic E-state index is 13.8. The quantitative estimate of drug-likeness (QED) is 0.559. The molecule has 0 spiro atoms. The molecule has 26 heavy (non-hydrogen) atoms. The van der Waals surface area contributed by atoms with Crippen molar-refractivity contribution in [2.75, 3.05) is 12.4 Å². The molecule has 0 bridgehead atoms. The third-order valence-electron chi connectivity index (χ3n) is 4.04. The number of hydrogen-bond donors (Lipinski definition) is 1. The van der Waals surface area contributed by atoms with Crippen LogP contribution in [-0.4, -0.2) is 27.3 Å². The molecule has 1 N–H and O–H groups in total. The zero-order chi connectivity index (χ0) is 18.3. The van der Waals surface area contributed by atoms with E-state index < -0.39 is 5.82 Å². The molecule has 9 heteroatoms. The third kappa shape index (κ3) is 2.81. The van der Waals surface area contributed by atoms with Gasteiger partial charge < -0.3 is 10.1 Å². The van der Waals surface area contributed by atoms with Gasteiger partial charge in [-0.1, -0.05) is 17.7 Å². The van der Waals surface area contributed by atoms with E-state index in [2.05, 4.69) is 25.5 Å². The van der Waals surface area contributed by atoms with Crippen molar-refractivity contribution in [1.29, 1.82) is 0 Å². The van der Waals surface area contributed by atoms with E-state index in [1.807, 2.05) is 6.92 Å². The van der Waals surface area contributed by atoms with Crippen LogP contribution < -0.4 is 10.1 Å². The molecule has 0 aliphatic heterocycles. The van der Waals surface area contributed by atoms with Gasteiger partial charge in [0.25, 0.3) is 0 Å². The lowest BCUT2D eigenvalue weighted by Gasteiger charge is -2.08. The summed E-state index contributed by atoms with van der Waals surface area (Å²) < 4.78 is 19.6. The van der Waals surface area contributed by atoms with Crippen molar-refractivity contribution in [2.24, 2.45) is 0 Å². The van der Waals surface area contributed by atoms with Gasteiger partial charge in [-0.3, -0.25) is 0 Å². The molecule has 0 atom stereocenters. The van der Waals surface area contributed by atoms with Crippen molar-refractivity contribution in [2.45, 2.75) is 13.5 Å². The first-order valence-corrected chi connectivity index (χ1v) is 8.90. The lowest BCUT2D eigenvalue weighted by Crippen LogP contribution is -2.02. The van der Waals surface area contributed by atoms with Gasteiger partial charge in [0.05, 0.1) is 17.3 Å². The number of rotatable bonds is 4. The molecule has 132 valence electrons. The summed E-state index contributed by atoms with van der Waals surface area (Å²) in [7, 11) is 1.44. The van der Waals surface area contributed by atoms with Crippen LogP contribution in [0, 0.1) is 12.7 Å². The minimum atomic E-state index is -0.401. The lowest BCUT2D eigenvalue weighted by molar-refractivity contribution is 0.386. The third-order valence-corrected chi connectivity index (χ3v) is 5.47. The predicted molar refractivity (Wildman–Crippen MR) is 101 cm³/mol. The van der Waals surface area contributed by atoms with Crippen LogP contribution in [-0.2, 0) is 6.54 Å². The average Bonchev–Trinajstić information content (AvgIpc) is 3.03. The highest BCUT2D eigenvalue weighted by Crippen LogP contribution is 2.37. The molecule has 0 aliphatic carbocycles. The van der Waals surface area contributed by atoms with E-state index in [4.69, 9.17) is 16.3 Å². The summed E-state index contributed by atoms with van der Waals surface area (Å²) in [6.07, 6.45) is 1.49. The summed E-state index contributed by atoms with van der Waals surface area (Å²) in [5.74, 6) is 0.473. The molecular weight excluding hydrogens is 377 g/mol. The number of aryl methyl sites for hydroxylation is 1. The molecule has 0 unspecified atom stereocenters. The number of fused-ring (bicyclic) bond motifs is 3. The Labute approximate surface area is 157 Å². The van der Waals surface area contributed by atoms with E-state index in [0.29, 0.717) is 17.5 Å². The van der Waals surface area contributed by atoms with E-state index in [1.54, 1.807) is 12.1 Å². The van der Waals surface area contributed by atoms with Gasteiger partial charge in [0.2, 0.25) is 0 Å². The number of halogens is 2. The fraction of sp³-hybridized carbons (Fsp3) is 0.176. The zero-order valence-corrected chi connectivity index (χ0v) is 15.5. The Bertz CT molecular complexity index is 1130. The average molecular weight is 390 g/mol. The minimum Gasteiger partial charge on any atom is -0.494 e. The second-order valence-corrected chi connectivity index (χ2v) is 6.98. The van der Waals surface area contributed by atoms with Gasteiger partial charge in [-0.2, -0.15) is 0 Å². The molecule has 0 radical (unpaired) electrons. The van der Waals surface area contributed by atoms with E-state index in [0.717, 1.165) is 31.6 Å². The topological polar surface area (TPSA) is 72.8 Å². The predicted octanol–water partition coefficient (Wildman–Crippen LogP) is 4.36. The van der Waals surface area contributed by atoms with E-state index >= 15 is 0 Å². The van der Waals surface area contributed by atoms with Crippen molar-refractivity contribution >= 4 is 49.2 Å². The van der Waals surface area contributed by atoms with Crippen molar-refractivity contribution in [3.05, 3.63) is 46.6 Å². The monoisotopic (exact) mass is 389 g/mol. The van der Waals surface area contributed by atoms with Crippen LogP contribution >= 0.6 is 22.9 Å². The van der Waals surface area contributed by atoms with Crippen LogP contribution in [0.1, 0.15) is 11.1 Å². The van der Waals surface area contributed by atoms with Crippen LogP contribution in [0.5, 0.6) is 5.75 Å². The molecule has 0 amide bonds. The first kappa shape index (κ1) is 16.9.